The minimum absolute atomic E-state index is 0.0376. The third-order valence-corrected chi connectivity index (χ3v) is 6.11. The molecule has 2 aliphatic rings. The summed E-state index contributed by atoms with van der Waals surface area (Å²) in [5, 5.41) is 6.83. The van der Waals surface area contributed by atoms with Crippen LogP contribution in [0.5, 0.6) is 0 Å². The van der Waals surface area contributed by atoms with Gasteiger partial charge in [0.25, 0.3) is 0 Å². The number of amidine groups is 1. The van der Waals surface area contributed by atoms with Crippen LogP contribution in [0.2, 0.25) is 0 Å². The number of hydrogen-bond donors (Lipinski definition) is 3. The van der Waals surface area contributed by atoms with E-state index in [1.165, 1.54) is 12.1 Å². The Morgan fingerprint density at radius 3 is 2.56 bits per heavy atom. The molecule has 0 spiro atoms. The lowest BCUT2D eigenvalue weighted by Gasteiger charge is -2.38. The molecule has 0 radical (unpaired) electrons. The molecule has 0 aliphatic carbocycles. The standard InChI is InChI=1S/C24H29F2N7O/c1-13-7-32(8-14(2)28-13)18-5-19(25)22(21(6-18)30-17-11-34-12-17)23(27)31-16-4-20(26)24-29-15(3)9-33(24)10-16/h4-6,9-10,13-14,17,28,30H,7-8,11-12H2,1-3H3,(H2,27,31). The van der Waals surface area contributed by atoms with Crippen LogP contribution in [0.4, 0.5) is 25.8 Å². The number of imidazole rings is 1. The lowest BCUT2D eigenvalue weighted by molar-refractivity contribution is 0.0211. The first-order chi connectivity index (χ1) is 16.3. The van der Waals surface area contributed by atoms with Crippen molar-refractivity contribution in [3.8, 4) is 0 Å². The van der Waals surface area contributed by atoms with Crippen LogP contribution < -0.4 is 21.3 Å². The zero-order valence-electron chi connectivity index (χ0n) is 19.5. The van der Waals surface area contributed by atoms with Crippen LogP contribution in [0.15, 0.2) is 35.6 Å². The van der Waals surface area contributed by atoms with Gasteiger partial charge in [-0.2, -0.15) is 0 Å². The van der Waals surface area contributed by atoms with E-state index in [4.69, 9.17) is 10.5 Å². The van der Waals surface area contributed by atoms with Crippen LogP contribution in [-0.2, 0) is 4.74 Å². The number of pyridine rings is 1. The second-order valence-corrected chi connectivity index (χ2v) is 9.26. The summed E-state index contributed by atoms with van der Waals surface area (Å²) in [6.07, 6.45) is 3.32. The number of halogens is 2. The number of aryl methyl sites for hydroxylation is 1. The smallest absolute Gasteiger partial charge is 0.173 e. The number of piperazine rings is 1. The monoisotopic (exact) mass is 469 g/mol. The third-order valence-electron chi connectivity index (χ3n) is 6.11. The molecule has 5 rings (SSSR count). The molecule has 2 saturated heterocycles. The van der Waals surface area contributed by atoms with Gasteiger partial charge in [0.1, 0.15) is 11.7 Å². The lowest BCUT2D eigenvalue weighted by Crippen LogP contribution is -2.54. The second kappa shape index (κ2) is 8.84. The molecule has 3 aromatic rings. The number of rotatable bonds is 5. The SMILES string of the molecule is Cc1cn2cc(N=C(N)c3c(F)cc(N4CC(C)NC(C)C4)cc3NC3COC3)cc(F)c2n1. The van der Waals surface area contributed by atoms with Crippen LogP contribution in [0.1, 0.15) is 25.1 Å². The van der Waals surface area contributed by atoms with Gasteiger partial charge in [0, 0.05) is 49.3 Å². The number of anilines is 2. The predicted octanol–water partition coefficient (Wildman–Crippen LogP) is 2.96. The molecule has 2 atom stereocenters. The molecule has 0 bridgehead atoms. The summed E-state index contributed by atoms with van der Waals surface area (Å²) in [4.78, 5) is 10.7. The van der Waals surface area contributed by atoms with E-state index in [1.54, 1.807) is 23.7 Å². The van der Waals surface area contributed by atoms with Crippen molar-refractivity contribution in [2.75, 3.05) is 36.5 Å². The average molecular weight is 470 g/mol. The average Bonchev–Trinajstić information content (AvgIpc) is 3.10. The fourth-order valence-corrected chi connectivity index (χ4v) is 4.65. The molecular weight excluding hydrogens is 440 g/mol. The highest BCUT2D eigenvalue weighted by Crippen LogP contribution is 2.30. The Bertz CT molecular complexity index is 1240. The number of nitrogens with zero attached hydrogens (tertiary/aromatic N) is 4. The van der Waals surface area contributed by atoms with E-state index >= 15 is 4.39 Å². The molecule has 4 heterocycles. The molecular formula is C24H29F2N7O. The van der Waals surface area contributed by atoms with Crippen LogP contribution in [0, 0.1) is 18.6 Å². The summed E-state index contributed by atoms with van der Waals surface area (Å²) in [6, 6.07) is 5.28. The molecule has 2 unspecified atom stereocenters. The first-order valence-corrected chi connectivity index (χ1v) is 11.4. The Balaban J connectivity index is 1.54. The van der Waals surface area contributed by atoms with Crippen molar-refractivity contribution < 1.29 is 13.5 Å². The topological polar surface area (TPSA) is 92.2 Å². The van der Waals surface area contributed by atoms with Crippen LogP contribution in [0.25, 0.3) is 5.65 Å². The molecule has 2 aromatic heterocycles. The largest absolute Gasteiger partial charge is 0.383 e. The van der Waals surface area contributed by atoms with E-state index in [0.717, 1.165) is 18.8 Å². The highest BCUT2D eigenvalue weighted by molar-refractivity contribution is 6.04. The number of aromatic nitrogens is 2. The maximum Gasteiger partial charge on any atom is 0.173 e. The Morgan fingerprint density at radius 2 is 1.88 bits per heavy atom. The van der Waals surface area contributed by atoms with Gasteiger partial charge in [0.15, 0.2) is 11.5 Å². The van der Waals surface area contributed by atoms with E-state index < -0.39 is 11.6 Å². The minimum atomic E-state index is -0.523. The Hall–Kier alpha value is -3.24. The zero-order valence-corrected chi connectivity index (χ0v) is 19.5. The Morgan fingerprint density at radius 1 is 1.15 bits per heavy atom. The number of nitrogens with one attached hydrogen (secondary N) is 2. The molecule has 180 valence electrons. The number of benzene rings is 1. The highest BCUT2D eigenvalue weighted by atomic mass is 19.1. The van der Waals surface area contributed by atoms with Gasteiger partial charge in [-0.05, 0) is 32.9 Å². The third kappa shape index (κ3) is 4.43. The van der Waals surface area contributed by atoms with Gasteiger partial charge in [0.05, 0.1) is 41.9 Å². The fourth-order valence-electron chi connectivity index (χ4n) is 4.65. The molecule has 10 heteroatoms. The molecule has 8 nitrogen and oxygen atoms in total. The van der Waals surface area contributed by atoms with Crippen molar-refractivity contribution in [3.05, 3.63) is 53.5 Å². The molecule has 2 fully saturated rings. The van der Waals surface area contributed by atoms with Crippen molar-refractivity contribution >= 4 is 28.5 Å². The summed E-state index contributed by atoms with van der Waals surface area (Å²) in [5.41, 5.74) is 8.94. The summed E-state index contributed by atoms with van der Waals surface area (Å²) >= 11 is 0. The maximum absolute atomic E-state index is 15.6. The van der Waals surface area contributed by atoms with Gasteiger partial charge in [-0.1, -0.05) is 0 Å². The molecule has 4 N–H and O–H groups in total. The zero-order chi connectivity index (χ0) is 24.0. The normalized spacial score (nSPS) is 21.7. The van der Waals surface area contributed by atoms with Crippen molar-refractivity contribution in [2.45, 2.75) is 38.9 Å². The second-order valence-electron chi connectivity index (χ2n) is 9.26. The molecule has 1 aromatic carbocycles. The predicted molar refractivity (Wildman–Crippen MR) is 129 cm³/mol. The van der Waals surface area contributed by atoms with E-state index in [2.05, 4.69) is 39.4 Å². The molecule has 34 heavy (non-hydrogen) atoms. The Kier molecular flexibility index (Phi) is 5.86. The van der Waals surface area contributed by atoms with Gasteiger partial charge in [0.2, 0.25) is 0 Å². The van der Waals surface area contributed by atoms with Crippen molar-refractivity contribution in [1.82, 2.24) is 14.7 Å². The van der Waals surface area contributed by atoms with Gasteiger partial charge in [-0.3, -0.25) is 0 Å². The number of hydrogen-bond acceptors (Lipinski definition) is 6. The number of fused-ring (bicyclic) bond motifs is 1. The van der Waals surface area contributed by atoms with Crippen LogP contribution in [-0.4, -0.2) is 59.6 Å². The first-order valence-electron chi connectivity index (χ1n) is 11.4. The quantitative estimate of drug-likeness (QED) is 0.393. The van der Waals surface area contributed by atoms with Gasteiger partial charge in [-0.15, -0.1) is 0 Å². The van der Waals surface area contributed by atoms with E-state index in [-0.39, 0.29) is 40.9 Å². The van der Waals surface area contributed by atoms with E-state index in [0.29, 0.717) is 24.6 Å². The maximum atomic E-state index is 15.6. The summed E-state index contributed by atoms with van der Waals surface area (Å²) in [5.74, 6) is -1.05. The molecule has 0 saturated carbocycles. The Labute approximate surface area is 196 Å². The minimum Gasteiger partial charge on any atom is -0.383 e. The fraction of sp³-hybridized carbons (Fsp3) is 0.417. The molecule has 2 aliphatic heterocycles. The van der Waals surface area contributed by atoms with Crippen molar-refractivity contribution in [2.24, 2.45) is 10.7 Å². The van der Waals surface area contributed by atoms with Crippen molar-refractivity contribution in [1.29, 1.82) is 0 Å². The number of nitrogens with two attached hydrogens (primary N) is 1. The number of aliphatic imine (C=N–C) groups is 1. The highest BCUT2D eigenvalue weighted by Gasteiger charge is 2.26. The van der Waals surface area contributed by atoms with E-state index in [1.807, 2.05) is 6.07 Å². The first kappa shape index (κ1) is 22.5. The summed E-state index contributed by atoms with van der Waals surface area (Å²) in [6.45, 7) is 8.60. The van der Waals surface area contributed by atoms with Gasteiger partial charge >= 0.3 is 0 Å². The summed E-state index contributed by atoms with van der Waals surface area (Å²) < 4.78 is 36.9. The van der Waals surface area contributed by atoms with Crippen molar-refractivity contribution in [3.63, 3.8) is 0 Å². The van der Waals surface area contributed by atoms with Gasteiger partial charge < -0.3 is 30.4 Å². The van der Waals surface area contributed by atoms with Crippen LogP contribution >= 0.6 is 0 Å². The molecule has 0 amide bonds. The summed E-state index contributed by atoms with van der Waals surface area (Å²) in [7, 11) is 0. The van der Waals surface area contributed by atoms with Gasteiger partial charge in [-0.25, -0.2) is 18.8 Å². The van der Waals surface area contributed by atoms with Crippen LogP contribution in [0.3, 0.4) is 0 Å². The lowest BCUT2D eigenvalue weighted by atomic mass is 10.1. The number of ether oxygens (including phenoxy) is 1. The van der Waals surface area contributed by atoms with E-state index in [9.17, 15) is 4.39 Å².